The summed E-state index contributed by atoms with van der Waals surface area (Å²) in [4.78, 5) is 0. The number of rotatable bonds is 6. The van der Waals surface area contributed by atoms with Gasteiger partial charge in [0.05, 0.1) is 17.7 Å². The molecule has 0 amide bonds. The second-order valence-electron chi connectivity index (χ2n) is 4.66. The van der Waals surface area contributed by atoms with Gasteiger partial charge in [0, 0.05) is 13.2 Å². The van der Waals surface area contributed by atoms with E-state index in [0.717, 1.165) is 17.7 Å². The van der Waals surface area contributed by atoms with Crippen LogP contribution in [-0.4, -0.2) is 13.2 Å². The maximum Gasteiger partial charge on any atom is 0.150 e. The van der Waals surface area contributed by atoms with Gasteiger partial charge in [-0.1, -0.05) is 30.3 Å². The minimum Gasteiger partial charge on any atom is -0.377 e. The predicted molar refractivity (Wildman–Crippen MR) is 80.4 cm³/mol. The van der Waals surface area contributed by atoms with Gasteiger partial charge in [0.2, 0.25) is 0 Å². The SMILES string of the molecule is CCOC(CNc1c(F)cc(C#N)cc1F)c1ccccc1. The molecule has 2 aromatic carbocycles. The van der Waals surface area contributed by atoms with Crippen LogP contribution in [0.4, 0.5) is 14.5 Å². The lowest BCUT2D eigenvalue weighted by atomic mass is 10.1. The lowest BCUT2D eigenvalue weighted by Crippen LogP contribution is -2.17. The highest BCUT2D eigenvalue weighted by Gasteiger charge is 2.15. The van der Waals surface area contributed by atoms with Gasteiger partial charge in [-0.15, -0.1) is 0 Å². The molecule has 0 aliphatic heterocycles. The fourth-order valence-electron chi connectivity index (χ4n) is 2.14. The first-order valence-electron chi connectivity index (χ1n) is 6.95. The summed E-state index contributed by atoms with van der Waals surface area (Å²) >= 11 is 0. The number of anilines is 1. The van der Waals surface area contributed by atoms with Crippen LogP contribution in [0.3, 0.4) is 0 Å². The minimum atomic E-state index is -0.792. The van der Waals surface area contributed by atoms with Crippen molar-refractivity contribution in [3.05, 3.63) is 65.2 Å². The van der Waals surface area contributed by atoms with Crippen molar-refractivity contribution in [1.82, 2.24) is 0 Å². The zero-order valence-electron chi connectivity index (χ0n) is 12.1. The van der Waals surface area contributed by atoms with E-state index in [1.807, 2.05) is 37.3 Å². The number of benzene rings is 2. The molecule has 5 heteroatoms. The van der Waals surface area contributed by atoms with Gasteiger partial charge in [-0.2, -0.15) is 5.26 Å². The van der Waals surface area contributed by atoms with Crippen LogP contribution in [0, 0.1) is 23.0 Å². The highest BCUT2D eigenvalue weighted by atomic mass is 19.1. The molecule has 0 radical (unpaired) electrons. The lowest BCUT2D eigenvalue weighted by Gasteiger charge is -2.19. The van der Waals surface area contributed by atoms with Crippen LogP contribution in [-0.2, 0) is 4.74 Å². The van der Waals surface area contributed by atoms with Gasteiger partial charge in [-0.25, -0.2) is 8.78 Å². The topological polar surface area (TPSA) is 45.0 Å². The predicted octanol–water partition coefficient (Wildman–Crippen LogP) is 4.03. The molecule has 0 bridgehead atoms. The molecule has 0 saturated heterocycles. The van der Waals surface area contributed by atoms with Crippen LogP contribution in [0.2, 0.25) is 0 Å². The summed E-state index contributed by atoms with van der Waals surface area (Å²) < 4.78 is 33.3. The summed E-state index contributed by atoms with van der Waals surface area (Å²) in [5, 5.41) is 11.4. The van der Waals surface area contributed by atoms with E-state index in [4.69, 9.17) is 10.00 Å². The highest BCUT2D eigenvalue weighted by molar-refractivity contribution is 5.50. The largest absolute Gasteiger partial charge is 0.377 e. The van der Waals surface area contributed by atoms with Crippen molar-refractivity contribution < 1.29 is 13.5 Å². The standard InChI is InChI=1S/C17H16F2N2O/c1-2-22-16(13-6-4-3-5-7-13)11-21-17-14(18)8-12(10-20)9-15(17)19/h3-9,16,21H,2,11H2,1H3. The second kappa shape index (κ2) is 7.53. The van der Waals surface area contributed by atoms with Crippen LogP contribution in [0.15, 0.2) is 42.5 Å². The van der Waals surface area contributed by atoms with E-state index < -0.39 is 11.6 Å². The first-order valence-corrected chi connectivity index (χ1v) is 6.95. The fourth-order valence-corrected chi connectivity index (χ4v) is 2.14. The number of hydrogen-bond donors (Lipinski definition) is 1. The summed E-state index contributed by atoms with van der Waals surface area (Å²) in [7, 11) is 0. The molecule has 2 aromatic rings. The van der Waals surface area contributed by atoms with Gasteiger partial charge in [0.25, 0.3) is 0 Å². The number of nitrogens with zero attached hydrogens (tertiary/aromatic N) is 1. The highest BCUT2D eigenvalue weighted by Crippen LogP contribution is 2.23. The van der Waals surface area contributed by atoms with E-state index in [0.29, 0.717) is 6.61 Å². The Kier molecular flexibility index (Phi) is 5.45. The molecule has 22 heavy (non-hydrogen) atoms. The minimum absolute atomic E-state index is 0.0510. The van der Waals surface area contributed by atoms with Gasteiger partial charge in [0.1, 0.15) is 5.69 Å². The number of hydrogen-bond acceptors (Lipinski definition) is 3. The van der Waals surface area contributed by atoms with Crippen LogP contribution >= 0.6 is 0 Å². The van der Waals surface area contributed by atoms with Gasteiger partial charge in [0.15, 0.2) is 11.6 Å². The van der Waals surface area contributed by atoms with Crippen molar-refractivity contribution in [2.45, 2.75) is 13.0 Å². The molecule has 1 unspecified atom stereocenters. The second-order valence-corrected chi connectivity index (χ2v) is 4.66. The summed E-state index contributed by atoms with van der Waals surface area (Å²) in [5.74, 6) is -1.58. The Morgan fingerprint density at radius 3 is 2.36 bits per heavy atom. The molecular weight excluding hydrogens is 286 g/mol. The molecule has 0 aromatic heterocycles. The number of nitrogens with one attached hydrogen (secondary N) is 1. The molecular formula is C17H16F2N2O. The first kappa shape index (κ1) is 15.9. The van der Waals surface area contributed by atoms with E-state index in [-0.39, 0.29) is 23.9 Å². The summed E-state index contributed by atoms with van der Waals surface area (Å²) in [6.45, 7) is 2.57. The van der Waals surface area contributed by atoms with E-state index in [9.17, 15) is 8.78 Å². The molecule has 3 nitrogen and oxygen atoms in total. The maximum absolute atomic E-state index is 13.8. The van der Waals surface area contributed by atoms with Crippen molar-refractivity contribution >= 4 is 5.69 Å². The molecule has 0 spiro atoms. The molecule has 0 aliphatic rings. The van der Waals surface area contributed by atoms with Crippen LogP contribution in [0.1, 0.15) is 24.2 Å². The van der Waals surface area contributed by atoms with Crippen LogP contribution in [0.5, 0.6) is 0 Å². The van der Waals surface area contributed by atoms with Gasteiger partial charge < -0.3 is 10.1 Å². The Balaban J connectivity index is 2.15. The Bertz CT molecular complexity index is 645. The summed E-state index contributed by atoms with van der Waals surface area (Å²) in [5.41, 5.74) is 0.621. The Morgan fingerprint density at radius 1 is 1.18 bits per heavy atom. The molecule has 0 saturated carbocycles. The number of halogens is 2. The molecule has 1 atom stereocenters. The number of nitriles is 1. The molecule has 2 rings (SSSR count). The quantitative estimate of drug-likeness (QED) is 0.876. The van der Waals surface area contributed by atoms with Gasteiger partial charge in [-0.3, -0.25) is 0 Å². The zero-order chi connectivity index (χ0) is 15.9. The summed E-state index contributed by atoms with van der Waals surface area (Å²) in [6, 6.07) is 13.2. The molecule has 1 N–H and O–H groups in total. The van der Waals surface area contributed by atoms with Crippen molar-refractivity contribution in [3.63, 3.8) is 0 Å². The van der Waals surface area contributed by atoms with E-state index >= 15 is 0 Å². The van der Waals surface area contributed by atoms with Crippen molar-refractivity contribution in [1.29, 1.82) is 5.26 Å². The van der Waals surface area contributed by atoms with E-state index in [1.165, 1.54) is 0 Å². The smallest absolute Gasteiger partial charge is 0.150 e. The van der Waals surface area contributed by atoms with Crippen molar-refractivity contribution in [2.75, 3.05) is 18.5 Å². The summed E-state index contributed by atoms with van der Waals surface area (Å²) in [6.07, 6.45) is -0.319. The lowest BCUT2D eigenvalue weighted by molar-refractivity contribution is 0.0718. The molecule has 0 fully saturated rings. The average molecular weight is 302 g/mol. The number of ether oxygens (including phenoxy) is 1. The molecule has 114 valence electrons. The average Bonchev–Trinajstić information content (AvgIpc) is 2.53. The Hall–Kier alpha value is -2.45. The van der Waals surface area contributed by atoms with Crippen molar-refractivity contribution in [2.24, 2.45) is 0 Å². The fraction of sp³-hybridized carbons (Fsp3) is 0.235. The van der Waals surface area contributed by atoms with Gasteiger partial charge in [-0.05, 0) is 24.6 Å². The third-order valence-electron chi connectivity index (χ3n) is 3.17. The maximum atomic E-state index is 13.8. The van der Waals surface area contributed by atoms with Crippen molar-refractivity contribution in [3.8, 4) is 6.07 Å². The van der Waals surface area contributed by atoms with E-state index in [2.05, 4.69) is 5.32 Å². The zero-order valence-corrected chi connectivity index (χ0v) is 12.1. The normalized spacial score (nSPS) is 11.7. The van der Waals surface area contributed by atoms with E-state index in [1.54, 1.807) is 6.07 Å². The van der Waals surface area contributed by atoms with Gasteiger partial charge >= 0.3 is 0 Å². The monoisotopic (exact) mass is 302 g/mol. The molecule has 0 heterocycles. The van der Waals surface area contributed by atoms with Crippen LogP contribution in [0.25, 0.3) is 0 Å². The third kappa shape index (κ3) is 3.80. The van der Waals surface area contributed by atoms with Crippen LogP contribution < -0.4 is 5.32 Å². The molecule has 0 aliphatic carbocycles. The first-order chi connectivity index (χ1) is 10.7. The Morgan fingerprint density at radius 2 is 1.82 bits per heavy atom. The Labute approximate surface area is 128 Å². The third-order valence-corrected chi connectivity index (χ3v) is 3.17.